The quantitative estimate of drug-likeness (QED) is 0.806. The molecule has 2 nitrogen and oxygen atoms in total. The minimum atomic E-state index is -0.301. The second-order valence-corrected chi connectivity index (χ2v) is 4.91. The number of hydrogen-bond acceptors (Lipinski definition) is 2. The standard InChI is InChI=1S/C15H13BrO2/c1-18-15(17)13-6-2-11(3-7-13)10-12-4-8-14(16)9-5-12/h2-9H,10H2,1H3. The van der Waals surface area contributed by atoms with E-state index in [1.54, 1.807) is 12.1 Å². The number of esters is 1. The van der Waals surface area contributed by atoms with Crippen molar-refractivity contribution in [3.8, 4) is 0 Å². The molecular weight excluding hydrogens is 292 g/mol. The number of hydrogen-bond donors (Lipinski definition) is 0. The maximum atomic E-state index is 11.3. The third-order valence-corrected chi connectivity index (χ3v) is 3.23. The lowest BCUT2D eigenvalue weighted by atomic mass is 10.0. The summed E-state index contributed by atoms with van der Waals surface area (Å²) < 4.78 is 5.74. The van der Waals surface area contributed by atoms with E-state index in [2.05, 4.69) is 32.8 Å². The third kappa shape index (κ3) is 3.20. The van der Waals surface area contributed by atoms with Crippen LogP contribution in [0.4, 0.5) is 0 Å². The second kappa shape index (κ2) is 5.83. The lowest BCUT2D eigenvalue weighted by molar-refractivity contribution is 0.0600. The SMILES string of the molecule is COC(=O)c1ccc(Cc2ccc(Br)cc2)cc1. The van der Waals surface area contributed by atoms with E-state index < -0.39 is 0 Å². The summed E-state index contributed by atoms with van der Waals surface area (Å²) in [4.78, 5) is 11.3. The molecule has 3 heteroatoms. The third-order valence-electron chi connectivity index (χ3n) is 2.70. The molecule has 18 heavy (non-hydrogen) atoms. The first-order valence-electron chi connectivity index (χ1n) is 5.61. The van der Waals surface area contributed by atoms with Gasteiger partial charge in [-0.25, -0.2) is 4.79 Å². The molecule has 2 rings (SSSR count). The Kier molecular flexibility index (Phi) is 4.15. The molecule has 0 aromatic heterocycles. The summed E-state index contributed by atoms with van der Waals surface area (Å²) in [7, 11) is 1.39. The van der Waals surface area contributed by atoms with Gasteiger partial charge in [-0.15, -0.1) is 0 Å². The fraction of sp³-hybridized carbons (Fsp3) is 0.133. The molecule has 2 aromatic rings. The highest BCUT2D eigenvalue weighted by molar-refractivity contribution is 9.10. The smallest absolute Gasteiger partial charge is 0.337 e. The maximum absolute atomic E-state index is 11.3. The molecule has 0 saturated carbocycles. The van der Waals surface area contributed by atoms with Gasteiger partial charge in [0.25, 0.3) is 0 Å². The van der Waals surface area contributed by atoms with Crippen LogP contribution in [0.5, 0.6) is 0 Å². The monoisotopic (exact) mass is 304 g/mol. The van der Waals surface area contributed by atoms with Gasteiger partial charge in [-0.2, -0.15) is 0 Å². The van der Waals surface area contributed by atoms with Crippen LogP contribution in [0.2, 0.25) is 0 Å². The Balaban J connectivity index is 2.10. The average molecular weight is 305 g/mol. The largest absolute Gasteiger partial charge is 0.465 e. The van der Waals surface area contributed by atoms with Crippen LogP contribution in [0.3, 0.4) is 0 Å². The Hall–Kier alpha value is -1.61. The molecule has 0 fully saturated rings. The first-order chi connectivity index (χ1) is 8.69. The van der Waals surface area contributed by atoms with Gasteiger partial charge in [-0.3, -0.25) is 0 Å². The Bertz CT molecular complexity index is 529. The van der Waals surface area contributed by atoms with Crippen molar-refractivity contribution in [1.29, 1.82) is 0 Å². The fourth-order valence-electron chi connectivity index (χ4n) is 1.71. The molecule has 0 unspecified atom stereocenters. The first kappa shape index (κ1) is 12.8. The van der Waals surface area contributed by atoms with Crippen molar-refractivity contribution in [3.63, 3.8) is 0 Å². The highest BCUT2D eigenvalue weighted by Crippen LogP contribution is 2.15. The van der Waals surface area contributed by atoms with Gasteiger partial charge in [0.05, 0.1) is 12.7 Å². The summed E-state index contributed by atoms with van der Waals surface area (Å²) >= 11 is 3.41. The number of carbonyl (C=O) groups excluding carboxylic acids is 1. The van der Waals surface area contributed by atoms with Gasteiger partial charge in [-0.1, -0.05) is 40.2 Å². The average Bonchev–Trinajstić information content (AvgIpc) is 2.41. The number of ether oxygens (including phenoxy) is 1. The van der Waals surface area contributed by atoms with Crippen molar-refractivity contribution in [2.45, 2.75) is 6.42 Å². The minimum absolute atomic E-state index is 0.301. The normalized spacial score (nSPS) is 10.1. The molecule has 2 aromatic carbocycles. The Labute approximate surface area is 115 Å². The predicted octanol–water partition coefficient (Wildman–Crippen LogP) is 3.83. The zero-order valence-corrected chi connectivity index (χ0v) is 11.6. The Morgan fingerprint density at radius 3 is 2.00 bits per heavy atom. The summed E-state index contributed by atoms with van der Waals surface area (Å²) in [6, 6.07) is 15.7. The van der Waals surface area contributed by atoms with Crippen molar-refractivity contribution < 1.29 is 9.53 Å². The van der Waals surface area contributed by atoms with Gasteiger partial charge >= 0.3 is 5.97 Å². The van der Waals surface area contributed by atoms with Crippen molar-refractivity contribution in [3.05, 3.63) is 69.7 Å². The van der Waals surface area contributed by atoms with Crippen molar-refractivity contribution >= 4 is 21.9 Å². The maximum Gasteiger partial charge on any atom is 0.337 e. The van der Waals surface area contributed by atoms with Crippen LogP contribution < -0.4 is 0 Å². The molecule has 0 bridgehead atoms. The molecule has 0 aliphatic heterocycles. The highest BCUT2D eigenvalue weighted by Gasteiger charge is 2.04. The van der Waals surface area contributed by atoms with Crippen LogP contribution in [0, 0.1) is 0 Å². The minimum Gasteiger partial charge on any atom is -0.465 e. The zero-order valence-electron chi connectivity index (χ0n) is 10.0. The summed E-state index contributed by atoms with van der Waals surface area (Å²) in [6.45, 7) is 0. The zero-order chi connectivity index (χ0) is 13.0. The Morgan fingerprint density at radius 2 is 1.50 bits per heavy atom. The summed E-state index contributed by atoms with van der Waals surface area (Å²) in [5.74, 6) is -0.301. The number of rotatable bonds is 3. The van der Waals surface area contributed by atoms with E-state index in [4.69, 9.17) is 0 Å². The number of carbonyl (C=O) groups is 1. The van der Waals surface area contributed by atoms with E-state index in [9.17, 15) is 4.79 Å². The number of halogens is 1. The van der Waals surface area contributed by atoms with Crippen LogP contribution in [0.15, 0.2) is 53.0 Å². The van der Waals surface area contributed by atoms with Gasteiger partial charge in [-0.05, 0) is 41.8 Å². The van der Waals surface area contributed by atoms with E-state index in [0.29, 0.717) is 5.56 Å². The predicted molar refractivity (Wildman–Crippen MR) is 74.7 cm³/mol. The van der Waals surface area contributed by atoms with Crippen molar-refractivity contribution in [1.82, 2.24) is 0 Å². The number of benzene rings is 2. The number of methoxy groups -OCH3 is 1. The molecule has 0 amide bonds. The summed E-state index contributed by atoms with van der Waals surface area (Å²) in [5.41, 5.74) is 2.99. The molecule has 92 valence electrons. The highest BCUT2D eigenvalue weighted by atomic mass is 79.9. The van der Waals surface area contributed by atoms with E-state index in [1.165, 1.54) is 18.2 Å². The van der Waals surface area contributed by atoms with Crippen LogP contribution in [-0.2, 0) is 11.2 Å². The fourth-order valence-corrected chi connectivity index (χ4v) is 1.98. The lowest BCUT2D eigenvalue weighted by Crippen LogP contribution is -2.00. The van der Waals surface area contributed by atoms with Crippen molar-refractivity contribution in [2.24, 2.45) is 0 Å². The Morgan fingerprint density at radius 1 is 1.00 bits per heavy atom. The summed E-state index contributed by atoms with van der Waals surface area (Å²) in [5, 5.41) is 0. The first-order valence-corrected chi connectivity index (χ1v) is 6.40. The van der Waals surface area contributed by atoms with E-state index in [1.807, 2.05) is 24.3 Å². The van der Waals surface area contributed by atoms with Gasteiger partial charge in [0.1, 0.15) is 0 Å². The summed E-state index contributed by atoms with van der Waals surface area (Å²) in [6.07, 6.45) is 0.856. The molecule has 0 saturated heterocycles. The van der Waals surface area contributed by atoms with Gasteiger partial charge < -0.3 is 4.74 Å². The second-order valence-electron chi connectivity index (χ2n) is 3.99. The van der Waals surface area contributed by atoms with Crippen LogP contribution in [-0.4, -0.2) is 13.1 Å². The van der Waals surface area contributed by atoms with Gasteiger partial charge in [0.15, 0.2) is 0 Å². The van der Waals surface area contributed by atoms with Crippen LogP contribution in [0.25, 0.3) is 0 Å². The van der Waals surface area contributed by atoms with Crippen LogP contribution >= 0.6 is 15.9 Å². The molecule has 0 radical (unpaired) electrons. The van der Waals surface area contributed by atoms with E-state index in [0.717, 1.165) is 10.9 Å². The van der Waals surface area contributed by atoms with Crippen LogP contribution in [0.1, 0.15) is 21.5 Å². The molecular formula is C15H13BrO2. The molecule has 0 heterocycles. The molecule has 0 aliphatic carbocycles. The van der Waals surface area contributed by atoms with E-state index in [-0.39, 0.29) is 5.97 Å². The van der Waals surface area contributed by atoms with Gasteiger partial charge in [0.2, 0.25) is 0 Å². The molecule has 0 atom stereocenters. The van der Waals surface area contributed by atoms with E-state index >= 15 is 0 Å². The topological polar surface area (TPSA) is 26.3 Å². The molecule has 0 aliphatic rings. The lowest BCUT2D eigenvalue weighted by Gasteiger charge is -2.04. The van der Waals surface area contributed by atoms with Gasteiger partial charge in [0, 0.05) is 4.47 Å². The van der Waals surface area contributed by atoms with Crippen molar-refractivity contribution in [2.75, 3.05) is 7.11 Å². The molecule has 0 N–H and O–H groups in total. The molecule has 0 spiro atoms.